The molecule has 1 rings (SSSR count). The number of aliphatic carboxylic acids is 1. The fourth-order valence-corrected chi connectivity index (χ4v) is 4.12. The van der Waals surface area contributed by atoms with Gasteiger partial charge in [-0.3, -0.25) is 0 Å². The zero-order valence-corrected chi connectivity index (χ0v) is 18.1. The molecule has 0 aliphatic rings. The highest BCUT2D eigenvalue weighted by Crippen LogP contribution is 2.49. The first-order valence-electron chi connectivity index (χ1n) is 4.17. The van der Waals surface area contributed by atoms with Gasteiger partial charge in [0.25, 0.3) is 0 Å². The first-order valence-corrected chi connectivity index (χ1v) is 8.93. The van der Waals surface area contributed by atoms with Crippen LogP contribution in [0, 0.1) is 0 Å². The van der Waals surface area contributed by atoms with Crippen molar-refractivity contribution in [2.24, 2.45) is 0 Å². The minimum absolute atomic E-state index is 0.394. The molecule has 0 unspecified atom stereocenters. The Morgan fingerprint density at radius 1 is 1.17 bits per heavy atom. The van der Waals surface area contributed by atoms with Gasteiger partial charge in [-0.2, -0.15) is 0 Å². The fraction of sp³-hybridized carbons (Fsp3) is 0.100. The van der Waals surface area contributed by atoms with Crippen LogP contribution in [0.5, 0.6) is 0 Å². The lowest BCUT2D eigenvalue weighted by atomic mass is 10.2. The average molecular weight is 638 g/mol. The van der Waals surface area contributed by atoms with Crippen LogP contribution >= 0.6 is 95.6 Å². The van der Waals surface area contributed by atoms with Crippen LogP contribution in [0.15, 0.2) is 38.2 Å². The summed E-state index contributed by atoms with van der Waals surface area (Å²) in [6.07, 6.45) is 0.833. The number of rotatable bonds is 1. The van der Waals surface area contributed by atoms with E-state index in [0.29, 0.717) is 0 Å². The standard InChI is InChI=1S/C7H2Br6.C3H4O2/c8-4-2-1-3(7(11,12)13)5(9)6(4)10;1-2-3(4)5/h1-2H;2H,1H2,(H,4,5). The number of hydrogen-bond donors (Lipinski definition) is 1. The summed E-state index contributed by atoms with van der Waals surface area (Å²) >= 11 is 20.8. The van der Waals surface area contributed by atoms with E-state index in [1.165, 1.54) is 0 Å². The molecule has 0 radical (unpaired) electrons. The second kappa shape index (κ2) is 8.56. The zero-order chi connectivity index (χ0) is 14.5. The number of halogens is 6. The monoisotopic (exact) mass is 632 g/mol. The van der Waals surface area contributed by atoms with Gasteiger partial charge in [0, 0.05) is 25.1 Å². The van der Waals surface area contributed by atoms with E-state index in [9.17, 15) is 4.79 Å². The maximum Gasteiger partial charge on any atom is 0.327 e. The number of carboxylic acid groups (broad SMARTS) is 1. The van der Waals surface area contributed by atoms with E-state index in [0.717, 1.165) is 25.1 Å². The van der Waals surface area contributed by atoms with Crippen molar-refractivity contribution in [3.05, 3.63) is 43.8 Å². The highest BCUT2D eigenvalue weighted by atomic mass is 80.0. The molecule has 0 aromatic heterocycles. The zero-order valence-electron chi connectivity index (χ0n) is 8.56. The van der Waals surface area contributed by atoms with Gasteiger partial charge in [0.15, 0.2) is 2.14 Å². The number of alkyl halides is 3. The van der Waals surface area contributed by atoms with Crippen molar-refractivity contribution in [2.45, 2.75) is 2.14 Å². The Kier molecular flexibility index (Phi) is 9.19. The van der Waals surface area contributed by atoms with Gasteiger partial charge in [-0.05, 0) is 53.9 Å². The Labute approximate surface area is 155 Å². The Bertz CT molecular complexity index is 452. The van der Waals surface area contributed by atoms with E-state index in [1.54, 1.807) is 0 Å². The van der Waals surface area contributed by atoms with Crippen LogP contribution in [0.3, 0.4) is 0 Å². The third-order valence-electron chi connectivity index (χ3n) is 1.52. The molecule has 100 valence electrons. The normalized spacial score (nSPS) is 10.3. The number of carbonyl (C=O) groups is 1. The molecule has 18 heavy (non-hydrogen) atoms. The van der Waals surface area contributed by atoms with E-state index >= 15 is 0 Å². The summed E-state index contributed by atoms with van der Waals surface area (Å²) in [5.41, 5.74) is 1.06. The van der Waals surface area contributed by atoms with Crippen LogP contribution in [-0.2, 0) is 6.94 Å². The highest BCUT2D eigenvalue weighted by Gasteiger charge is 2.25. The molecule has 1 aromatic carbocycles. The van der Waals surface area contributed by atoms with Crippen molar-refractivity contribution in [3.63, 3.8) is 0 Å². The fourth-order valence-electron chi connectivity index (χ4n) is 0.745. The third-order valence-corrected chi connectivity index (χ3v) is 6.17. The lowest BCUT2D eigenvalue weighted by molar-refractivity contribution is -0.131. The predicted octanol–water partition coefficient (Wildman–Crippen LogP) is 6.53. The lowest BCUT2D eigenvalue weighted by Crippen LogP contribution is -1.99. The van der Waals surface area contributed by atoms with Gasteiger partial charge < -0.3 is 5.11 Å². The summed E-state index contributed by atoms with van der Waals surface area (Å²) in [4.78, 5) is 9.25. The first kappa shape index (κ1) is 19.3. The van der Waals surface area contributed by atoms with Gasteiger partial charge in [0.1, 0.15) is 0 Å². The second-order valence-corrected chi connectivity index (χ2v) is 12.0. The van der Waals surface area contributed by atoms with Gasteiger partial charge in [-0.1, -0.05) is 60.4 Å². The molecule has 0 aliphatic carbocycles. The van der Waals surface area contributed by atoms with Crippen molar-refractivity contribution in [2.75, 3.05) is 0 Å². The Hall–Kier alpha value is 1.31. The average Bonchev–Trinajstić information content (AvgIpc) is 2.25. The van der Waals surface area contributed by atoms with E-state index in [2.05, 4.69) is 102 Å². The second-order valence-electron chi connectivity index (χ2n) is 2.76. The van der Waals surface area contributed by atoms with Gasteiger partial charge in [-0.15, -0.1) is 0 Å². The molecule has 0 aliphatic heterocycles. The smallest absolute Gasteiger partial charge is 0.327 e. The van der Waals surface area contributed by atoms with Crippen molar-refractivity contribution in [1.82, 2.24) is 0 Å². The van der Waals surface area contributed by atoms with E-state index < -0.39 is 8.11 Å². The molecule has 0 amide bonds. The third kappa shape index (κ3) is 6.65. The molecule has 0 atom stereocenters. The Morgan fingerprint density at radius 2 is 1.61 bits per heavy atom. The van der Waals surface area contributed by atoms with Gasteiger partial charge in [-0.25, -0.2) is 4.79 Å². The minimum atomic E-state index is -0.981. The summed E-state index contributed by atoms with van der Waals surface area (Å²) in [6, 6.07) is 3.97. The van der Waals surface area contributed by atoms with Crippen LogP contribution in [-0.4, -0.2) is 11.1 Å². The van der Waals surface area contributed by atoms with Crippen molar-refractivity contribution >= 4 is 102 Å². The van der Waals surface area contributed by atoms with Gasteiger partial charge in [0.2, 0.25) is 0 Å². The molecule has 0 fully saturated rings. The molecule has 8 heteroatoms. The Balaban J connectivity index is 0.000000494. The summed E-state index contributed by atoms with van der Waals surface area (Å²) in [5, 5.41) is 7.60. The molecule has 1 N–H and O–H groups in total. The van der Waals surface area contributed by atoms with Gasteiger partial charge in [0.05, 0.1) is 0 Å². The molecule has 1 aromatic rings. The summed E-state index contributed by atoms with van der Waals surface area (Å²) in [7, 11) is 0. The Morgan fingerprint density at radius 3 is 1.94 bits per heavy atom. The molecular formula is C10H6Br6O2. The van der Waals surface area contributed by atoms with Crippen LogP contribution < -0.4 is 0 Å². The summed E-state index contributed by atoms with van der Waals surface area (Å²) in [5.74, 6) is -0.981. The topological polar surface area (TPSA) is 37.3 Å². The van der Waals surface area contributed by atoms with Gasteiger partial charge >= 0.3 is 5.97 Å². The predicted molar refractivity (Wildman–Crippen MR) is 95.8 cm³/mol. The highest BCUT2D eigenvalue weighted by molar-refractivity contribution is 9.38. The van der Waals surface area contributed by atoms with Crippen molar-refractivity contribution in [1.29, 1.82) is 0 Å². The van der Waals surface area contributed by atoms with E-state index in [1.807, 2.05) is 12.1 Å². The lowest BCUT2D eigenvalue weighted by Gasteiger charge is -2.16. The van der Waals surface area contributed by atoms with Crippen LogP contribution in [0.1, 0.15) is 5.56 Å². The van der Waals surface area contributed by atoms with E-state index in [4.69, 9.17) is 5.11 Å². The molecule has 2 nitrogen and oxygen atoms in total. The van der Waals surface area contributed by atoms with Crippen molar-refractivity contribution in [3.8, 4) is 0 Å². The van der Waals surface area contributed by atoms with Crippen LogP contribution in [0.2, 0.25) is 0 Å². The number of carboxylic acids is 1. The molecule has 0 saturated heterocycles. The minimum Gasteiger partial charge on any atom is -0.478 e. The molecule has 0 heterocycles. The molecule has 0 spiro atoms. The maximum atomic E-state index is 9.25. The quantitative estimate of drug-likeness (QED) is 0.216. The maximum absolute atomic E-state index is 9.25. The molecule has 0 saturated carbocycles. The SMILES string of the molecule is Brc1ccc(C(Br)(Br)Br)c(Br)c1Br.C=CC(=O)O. The number of benzene rings is 1. The molecule has 0 bridgehead atoms. The first-order chi connectivity index (χ1) is 8.11. The largest absolute Gasteiger partial charge is 0.478 e. The van der Waals surface area contributed by atoms with Crippen molar-refractivity contribution < 1.29 is 9.90 Å². The van der Waals surface area contributed by atoms with Crippen LogP contribution in [0.4, 0.5) is 0 Å². The number of hydrogen-bond acceptors (Lipinski definition) is 1. The summed E-state index contributed by atoms with van der Waals surface area (Å²) in [6.45, 7) is 2.96. The van der Waals surface area contributed by atoms with Crippen LogP contribution in [0.25, 0.3) is 0 Å². The molecular weight excluding hydrogens is 632 g/mol. The summed E-state index contributed by atoms with van der Waals surface area (Å²) < 4.78 is 2.61. The van der Waals surface area contributed by atoms with E-state index in [-0.39, 0.29) is 0 Å².